The number of carbonyl (C=O) groups is 1. The molecule has 1 aromatic rings. The summed E-state index contributed by atoms with van der Waals surface area (Å²) < 4.78 is 4.94. The predicted octanol–water partition coefficient (Wildman–Crippen LogP) is 0.350. The van der Waals surface area contributed by atoms with E-state index in [-0.39, 0.29) is 12.5 Å². The van der Waals surface area contributed by atoms with Crippen LogP contribution in [0, 0.1) is 13.8 Å². The number of rotatable bonds is 5. The van der Waals surface area contributed by atoms with Crippen LogP contribution in [0.3, 0.4) is 0 Å². The van der Waals surface area contributed by atoms with Crippen LogP contribution in [0.15, 0.2) is 0 Å². The monoisotopic (exact) mass is 243 g/mol. The van der Waals surface area contributed by atoms with Gasteiger partial charge < -0.3 is 15.8 Å². The molecule has 0 aliphatic heterocycles. The zero-order valence-electron chi connectivity index (χ0n) is 9.74. The minimum absolute atomic E-state index is 0.184. The van der Waals surface area contributed by atoms with Crippen LogP contribution < -0.4 is 11.1 Å². The normalized spacial score (nSPS) is 12.5. The lowest BCUT2D eigenvalue weighted by molar-refractivity contribution is -0.130. The van der Waals surface area contributed by atoms with Gasteiger partial charge in [-0.2, -0.15) is 0 Å². The van der Waals surface area contributed by atoms with Crippen LogP contribution in [-0.4, -0.2) is 30.6 Å². The molecule has 6 heteroatoms. The van der Waals surface area contributed by atoms with E-state index in [1.165, 1.54) is 7.11 Å². The van der Waals surface area contributed by atoms with Crippen LogP contribution in [0.25, 0.3) is 0 Å². The van der Waals surface area contributed by atoms with E-state index < -0.39 is 6.10 Å². The van der Waals surface area contributed by atoms with E-state index in [1.54, 1.807) is 11.3 Å². The molecule has 0 bridgehead atoms. The number of methoxy groups -OCH3 is 1. The summed E-state index contributed by atoms with van der Waals surface area (Å²) in [6, 6.07) is 0. The molecule has 1 atom stereocenters. The van der Waals surface area contributed by atoms with Crippen molar-refractivity contribution >= 4 is 17.2 Å². The van der Waals surface area contributed by atoms with Crippen molar-refractivity contribution in [3.63, 3.8) is 0 Å². The molecule has 0 spiro atoms. The average molecular weight is 243 g/mol. The Hall–Kier alpha value is -0.980. The molecule has 0 fully saturated rings. The zero-order chi connectivity index (χ0) is 12.1. The molecular weight excluding hydrogens is 226 g/mol. The number of hydrogen-bond acceptors (Lipinski definition) is 5. The Morgan fingerprint density at radius 3 is 2.75 bits per heavy atom. The number of amides is 1. The van der Waals surface area contributed by atoms with Crippen LogP contribution in [0.2, 0.25) is 0 Å². The number of nitrogens with two attached hydrogens (primary N) is 1. The first-order valence-corrected chi connectivity index (χ1v) is 5.83. The third-order valence-electron chi connectivity index (χ3n) is 2.21. The summed E-state index contributed by atoms with van der Waals surface area (Å²) in [4.78, 5) is 16.9. The highest BCUT2D eigenvalue weighted by molar-refractivity contribution is 7.11. The molecule has 0 aliphatic rings. The lowest BCUT2D eigenvalue weighted by Crippen LogP contribution is -2.40. The zero-order valence-corrected chi connectivity index (χ0v) is 10.6. The maximum atomic E-state index is 11.6. The predicted molar refractivity (Wildman–Crippen MR) is 63.3 cm³/mol. The van der Waals surface area contributed by atoms with Crippen molar-refractivity contribution < 1.29 is 9.53 Å². The van der Waals surface area contributed by atoms with Crippen molar-refractivity contribution in [3.8, 4) is 0 Å². The lowest BCUT2D eigenvalue weighted by Gasteiger charge is -2.12. The topological polar surface area (TPSA) is 77.2 Å². The van der Waals surface area contributed by atoms with Crippen LogP contribution in [-0.2, 0) is 16.1 Å². The van der Waals surface area contributed by atoms with Gasteiger partial charge in [-0.15, -0.1) is 11.3 Å². The maximum absolute atomic E-state index is 11.6. The van der Waals surface area contributed by atoms with Crippen molar-refractivity contribution in [2.45, 2.75) is 26.5 Å². The number of ether oxygens (including phenoxy) is 1. The molecule has 90 valence electrons. The number of aryl methyl sites for hydroxylation is 2. The van der Waals surface area contributed by atoms with Gasteiger partial charge in [-0.05, 0) is 13.8 Å². The number of carbonyl (C=O) groups excluding carboxylic acids is 1. The van der Waals surface area contributed by atoms with E-state index in [0.29, 0.717) is 6.54 Å². The van der Waals surface area contributed by atoms with Gasteiger partial charge in [0.1, 0.15) is 6.10 Å². The summed E-state index contributed by atoms with van der Waals surface area (Å²) in [5, 5.41) is 3.79. The third-order valence-corrected chi connectivity index (χ3v) is 3.29. The fourth-order valence-electron chi connectivity index (χ4n) is 1.33. The van der Waals surface area contributed by atoms with Crippen molar-refractivity contribution in [3.05, 3.63) is 15.6 Å². The first-order valence-electron chi connectivity index (χ1n) is 5.02. The Kier molecular flexibility index (Phi) is 4.85. The fourth-order valence-corrected chi connectivity index (χ4v) is 2.21. The molecule has 1 unspecified atom stereocenters. The second kappa shape index (κ2) is 5.93. The van der Waals surface area contributed by atoms with E-state index in [4.69, 9.17) is 10.5 Å². The summed E-state index contributed by atoms with van der Waals surface area (Å²) in [7, 11) is 1.47. The Morgan fingerprint density at radius 2 is 2.31 bits per heavy atom. The van der Waals surface area contributed by atoms with Gasteiger partial charge in [0.2, 0.25) is 0 Å². The molecule has 1 aromatic heterocycles. The molecular formula is C10H17N3O2S. The lowest BCUT2D eigenvalue weighted by atomic mass is 10.3. The van der Waals surface area contributed by atoms with E-state index in [0.717, 1.165) is 15.6 Å². The van der Waals surface area contributed by atoms with Crippen LogP contribution in [0.4, 0.5) is 0 Å². The Balaban J connectivity index is 2.51. The van der Waals surface area contributed by atoms with Crippen LogP contribution >= 0.6 is 11.3 Å². The number of nitrogens with one attached hydrogen (secondary N) is 1. The molecule has 3 N–H and O–H groups in total. The first kappa shape index (κ1) is 13.1. The highest BCUT2D eigenvalue weighted by atomic mass is 32.1. The van der Waals surface area contributed by atoms with E-state index >= 15 is 0 Å². The van der Waals surface area contributed by atoms with Gasteiger partial charge in [0.05, 0.1) is 17.2 Å². The molecule has 0 radical (unpaired) electrons. The molecule has 16 heavy (non-hydrogen) atoms. The standard InChI is InChI=1S/C10H17N3O2S/c1-6-9(16-7(2)13-6)5-12-10(14)8(4-11)15-3/h8H,4-5,11H2,1-3H3,(H,12,14). The number of thiazole rings is 1. The van der Waals surface area contributed by atoms with Gasteiger partial charge in [0.25, 0.3) is 5.91 Å². The molecule has 1 heterocycles. The Bertz CT molecular complexity index is 361. The fraction of sp³-hybridized carbons (Fsp3) is 0.600. The summed E-state index contributed by atoms with van der Waals surface area (Å²) >= 11 is 1.59. The summed E-state index contributed by atoms with van der Waals surface area (Å²) in [6.45, 7) is 4.54. The van der Waals surface area contributed by atoms with Crippen LogP contribution in [0.1, 0.15) is 15.6 Å². The van der Waals surface area contributed by atoms with E-state index in [1.807, 2.05) is 13.8 Å². The Labute approximate surface area is 99.0 Å². The van der Waals surface area contributed by atoms with E-state index in [2.05, 4.69) is 10.3 Å². The van der Waals surface area contributed by atoms with Gasteiger partial charge in [0.15, 0.2) is 0 Å². The van der Waals surface area contributed by atoms with Gasteiger partial charge in [-0.1, -0.05) is 0 Å². The summed E-state index contributed by atoms with van der Waals surface area (Å²) in [5.74, 6) is -0.185. The molecule has 5 nitrogen and oxygen atoms in total. The molecule has 1 rings (SSSR count). The van der Waals surface area contributed by atoms with Crippen molar-refractivity contribution in [2.75, 3.05) is 13.7 Å². The highest BCUT2D eigenvalue weighted by Crippen LogP contribution is 2.16. The Morgan fingerprint density at radius 1 is 1.62 bits per heavy atom. The molecule has 1 amide bonds. The van der Waals surface area contributed by atoms with E-state index in [9.17, 15) is 4.79 Å². The van der Waals surface area contributed by atoms with Crippen molar-refractivity contribution in [1.29, 1.82) is 0 Å². The number of nitrogens with zero attached hydrogens (tertiary/aromatic N) is 1. The average Bonchev–Trinajstić information content (AvgIpc) is 2.56. The largest absolute Gasteiger partial charge is 0.370 e. The first-order chi connectivity index (χ1) is 7.58. The van der Waals surface area contributed by atoms with Gasteiger partial charge in [0, 0.05) is 18.5 Å². The highest BCUT2D eigenvalue weighted by Gasteiger charge is 2.15. The van der Waals surface area contributed by atoms with Gasteiger partial charge in [-0.25, -0.2) is 4.98 Å². The smallest absolute Gasteiger partial charge is 0.250 e. The molecule has 0 aliphatic carbocycles. The minimum Gasteiger partial charge on any atom is -0.370 e. The molecule has 0 saturated heterocycles. The second-order valence-corrected chi connectivity index (χ2v) is 4.71. The van der Waals surface area contributed by atoms with Gasteiger partial charge >= 0.3 is 0 Å². The quantitative estimate of drug-likeness (QED) is 0.782. The van der Waals surface area contributed by atoms with Gasteiger partial charge in [-0.3, -0.25) is 4.79 Å². The summed E-state index contributed by atoms with van der Waals surface area (Å²) in [6.07, 6.45) is -0.575. The molecule has 0 saturated carbocycles. The number of hydrogen-bond donors (Lipinski definition) is 2. The summed E-state index contributed by atoms with van der Waals surface area (Å²) in [5.41, 5.74) is 6.35. The van der Waals surface area contributed by atoms with Crippen LogP contribution in [0.5, 0.6) is 0 Å². The maximum Gasteiger partial charge on any atom is 0.250 e. The van der Waals surface area contributed by atoms with Crippen molar-refractivity contribution in [1.82, 2.24) is 10.3 Å². The number of aromatic nitrogens is 1. The molecule has 0 aromatic carbocycles. The third kappa shape index (κ3) is 3.26. The second-order valence-electron chi connectivity index (χ2n) is 3.42. The minimum atomic E-state index is -0.575. The SMILES string of the molecule is COC(CN)C(=O)NCc1sc(C)nc1C. The van der Waals surface area contributed by atoms with Crippen molar-refractivity contribution in [2.24, 2.45) is 5.73 Å².